The van der Waals surface area contributed by atoms with Crippen LogP contribution in [0.3, 0.4) is 0 Å². The van der Waals surface area contributed by atoms with Gasteiger partial charge < -0.3 is 10.8 Å². The third-order valence-corrected chi connectivity index (χ3v) is 1.76. The highest BCUT2D eigenvalue weighted by Gasteiger charge is 2.25. The SMILES string of the molecule is NCCCn1nnc(C(=O)O)c1C(F)F. The van der Waals surface area contributed by atoms with Crippen molar-refractivity contribution in [3.8, 4) is 0 Å². The van der Waals surface area contributed by atoms with Crippen molar-refractivity contribution in [1.82, 2.24) is 15.0 Å². The fraction of sp³-hybridized carbons (Fsp3) is 0.571. The van der Waals surface area contributed by atoms with Crippen LogP contribution in [0.4, 0.5) is 8.78 Å². The molecule has 0 unspecified atom stereocenters. The number of aromatic carboxylic acids is 1. The number of carbonyl (C=O) groups is 1. The van der Waals surface area contributed by atoms with E-state index in [2.05, 4.69) is 10.3 Å². The van der Waals surface area contributed by atoms with Crippen LogP contribution in [0.25, 0.3) is 0 Å². The lowest BCUT2D eigenvalue weighted by atomic mass is 10.3. The zero-order chi connectivity index (χ0) is 11.4. The minimum Gasteiger partial charge on any atom is -0.476 e. The average molecular weight is 220 g/mol. The molecule has 0 spiro atoms. The Bertz CT molecular complexity index is 353. The van der Waals surface area contributed by atoms with Gasteiger partial charge in [0.1, 0.15) is 5.69 Å². The van der Waals surface area contributed by atoms with Crippen molar-refractivity contribution in [2.24, 2.45) is 5.73 Å². The van der Waals surface area contributed by atoms with Crippen molar-refractivity contribution >= 4 is 5.97 Å². The molecule has 0 fully saturated rings. The normalized spacial score (nSPS) is 10.9. The molecule has 1 aromatic rings. The van der Waals surface area contributed by atoms with E-state index < -0.39 is 23.8 Å². The molecule has 0 atom stereocenters. The van der Waals surface area contributed by atoms with Crippen molar-refractivity contribution in [3.63, 3.8) is 0 Å². The lowest BCUT2D eigenvalue weighted by Crippen LogP contribution is -2.11. The summed E-state index contributed by atoms with van der Waals surface area (Å²) in [5.41, 5.74) is 3.83. The highest BCUT2D eigenvalue weighted by atomic mass is 19.3. The van der Waals surface area contributed by atoms with Gasteiger partial charge in [0.05, 0.1) is 0 Å². The Hall–Kier alpha value is -1.57. The maximum Gasteiger partial charge on any atom is 0.358 e. The van der Waals surface area contributed by atoms with Gasteiger partial charge in [0, 0.05) is 6.54 Å². The molecule has 0 amide bonds. The van der Waals surface area contributed by atoms with Crippen LogP contribution in [0.1, 0.15) is 29.0 Å². The topological polar surface area (TPSA) is 94.0 Å². The molecule has 1 aromatic heterocycles. The minimum atomic E-state index is -2.91. The number of rotatable bonds is 5. The predicted octanol–water partition coefficient (Wildman–Crippen LogP) is 0.263. The number of carboxylic acids is 1. The van der Waals surface area contributed by atoms with Gasteiger partial charge in [-0.1, -0.05) is 5.21 Å². The van der Waals surface area contributed by atoms with Crippen LogP contribution in [0.15, 0.2) is 0 Å². The van der Waals surface area contributed by atoms with E-state index in [1.165, 1.54) is 0 Å². The number of nitrogens with zero attached hydrogens (tertiary/aromatic N) is 3. The Labute approximate surface area is 83.7 Å². The summed E-state index contributed by atoms with van der Waals surface area (Å²) >= 11 is 0. The first kappa shape index (κ1) is 11.5. The fourth-order valence-electron chi connectivity index (χ4n) is 1.09. The van der Waals surface area contributed by atoms with Crippen LogP contribution in [-0.2, 0) is 6.54 Å². The molecular formula is C7H10F2N4O2. The summed E-state index contributed by atoms with van der Waals surface area (Å²) < 4.78 is 25.9. The minimum absolute atomic E-state index is 0.135. The summed E-state index contributed by atoms with van der Waals surface area (Å²) in [4.78, 5) is 10.5. The number of halogens is 2. The van der Waals surface area contributed by atoms with Gasteiger partial charge in [-0.25, -0.2) is 18.3 Å². The number of hydrogen-bond donors (Lipinski definition) is 2. The third kappa shape index (κ3) is 2.46. The zero-order valence-corrected chi connectivity index (χ0v) is 7.73. The van der Waals surface area contributed by atoms with E-state index >= 15 is 0 Å². The van der Waals surface area contributed by atoms with E-state index in [1.54, 1.807) is 0 Å². The van der Waals surface area contributed by atoms with Gasteiger partial charge in [0.2, 0.25) is 0 Å². The number of alkyl halides is 2. The number of carboxylic acid groups (broad SMARTS) is 1. The molecule has 1 heterocycles. The van der Waals surface area contributed by atoms with Crippen LogP contribution in [-0.4, -0.2) is 32.6 Å². The monoisotopic (exact) mass is 220 g/mol. The molecule has 1 rings (SSSR count). The van der Waals surface area contributed by atoms with Gasteiger partial charge in [-0.05, 0) is 13.0 Å². The second kappa shape index (κ2) is 4.78. The Morgan fingerprint density at radius 1 is 1.60 bits per heavy atom. The standard InChI is InChI=1S/C7H10F2N4O2/c8-6(9)5-4(7(14)15)11-12-13(5)3-1-2-10/h6H,1-3,10H2,(H,14,15). The molecule has 0 radical (unpaired) electrons. The van der Waals surface area contributed by atoms with E-state index in [9.17, 15) is 13.6 Å². The summed E-state index contributed by atoms with van der Waals surface area (Å²) in [7, 11) is 0. The number of nitrogens with two attached hydrogens (primary N) is 1. The summed E-state index contributed by atoms with van der Waals surface area (Å²) in [6.07, 6.45) is -2.48. The molecule has 3 N–H and O–H groups in total. The molecule has 0 bridgehead atoms. The first-order valence-corrected chi connectivity index (χ1v) is 4.22. The first-order chi connectivity index (χ1) is 7.07. The lowest BCUT2D eigenvalue weighted by molar-refractivity contribution is 0.0675. The molecule has 6 nitrogen and oxygen atoms in total. The molecule has 15 heavy (non-hydrogen) atoms. The van der Waals surface area contributed by atoms with Gasteiger partial charge in [-0.3, -0.25) is 0 Å². The quantitative estimate of drug-likeness (QED) is 0.742. The van der Waals surface area contributed by atoms with E-state index in [1.807, 2.05) is 0 Å². The highest BCUT2D eigenvalue weighted by Crippen LogP contribution is 2.21. The molecular weight excluding hydrogens is 210 g/mol. The molecule has 84 valence electrons. The van der Waals surface area contributed by atoms with Crippen LogP contribution in [0.2, 0.25) is 0 Å². The molecule has 8 heteroatoms. The molecule has 0 aliphatic carbocycles. The Kier molecular flexibility index (Phi) is 3.67. The average Bonchev–Trinajstić information content (AvgIpc) is 2.58. The van der Waals surface area contributed by atoms with Crippen LogP contribution >= 0.6 is 0 Å². The zero-order valence-electron chi connectivity index (χ0n) is 7.73. The van der Waals surface area contributed by atoms with Crippen LogP contribution in [0.5, 0.6) is 0 Å². The van der Waals surface area contributed by atoms with E-state index in [0.717, 1.165) is 4.68 Å². The van der Waals surface area contributed by atoms with E-state index in [0.29, 0.717) is 13.0 Å². The summed E-state index contributed by atoms with van der Waals surface area (Å²) in [5.74, 6) is -1.51. The Morgan fingerprint density at radius 3 is 2.73 bits per heavy atom. The molecule has 0 saturated carbocycles. The van der Waals surface area contributed by atoms with E-state index in [4.69, 9.17) is 10.8 Å². The van der Waals surface area contributed by atoms with Gasteiger partial charge in [-0.2, -0.15) is 0 Å². The summed E-state index contributed by atoms with van der Waals surface area (Å²) in [6.45, 7) is 0.446. The molecule has 0 aromatic carbocycles. The van der Waals surface area contributed by atoms with Gasteiger partial charge in [-0.15, -0.1) is 5.10 Å². The summed E-state index contributed by atoms with van der Waals surface area (Å²) in [5, 5.41) is 15.1. The van der Waals surface area contributed by atoms with Crippen molar-refractivity contribution < 1.29 is 18.7 Å². The smallest absolute Gasteiger partial charge is 0.358 e. The van der Waals surface area contributed by atoms with Crippen LogP contribution in [0, 0.1) is 0 Å². The Balaban J connectivity index is 3.01. The highest BCUT2D eigenvalue weighted by molar-refractivity contribution is 5.86. The van der Waals surface area contributed by atoms with Crippen molar-refractivity contribution in [2.75, 3.05) is 6.54 Å². The van der Waals surface area contributed by atoms with Crippen molar-refractivity contribution in [2.45, 2.75) is 19.4 Å². The number of hydrogen-bond acceptors (Lipinski definition) is 4. The molecule has 0 saturated heterocycles. The fourth-order valence-corrected chi connectivity index (χ4v) is 1.09. The summed E-state index contributed by atoms with van der Waals surface area (Å²) in [6, 6.07) is 0. The van der Waals surface area contributed by atoms with E-state index in [-0.39, 0.29) is 6.54 Å². The number of aromatic nitrogens is 3. The van der Waals surface area contributed by atoms with Gasteiger partial charge >= 0.3 is 5.97 Å². The first-order valence-electron chi connectivity index (χ1n) is 4.22. The second-order valence-corrected chi connectivity index (χ2v) is 2.79. The van der Waals surface area contributed by atoms with Crippen LogP contribution < -0.4 is 5.73 Å². The lowest BCUT2D eigenvalue weighted by Gasteiger charge is -2.04. The third-order valence-electron chi connectivity index (χ3n) is 1.76. The maximum absolute atomic E-state index is 12.5. The second-order valence-electron chi connectivity index (χ2n) is 2.79. The predicted molar refractivity (Wildman–Crippen MR) is 45.6 cm³/mol. The van der Waals surface area contributed by atoms with Gasteiger partial charge in [0.25, 0.3) is 6.43 Å². The number of aryl methyl sites for hydroxylation is 1. The van der Waals surface area contributed by atoms with Crippen molar-refractivity contribution in [1.29, 1.82) is 0 Å². The largest absolute Gasteiger partial charge is 0.476 e. The maximum atomic E-state index is 12.5. The van der Waals surface area contributed by atoms with Gasteiger partial charge in [0.15, 0.2) is 5.69 Å². The molecule has 0 aliphatic heterocycles. The van der Waals surface area contributed by atoms with Crippen molar-refractivity contribution in [3.05, 3.63) is 11.4 Å². The molecule has 0 aliphatic rings. The Morgan fingerprint density at radius 2 is 2.27 bits per heavy atom.